The molecule has 0 saturated carbocycles. The predicted octanol–water partition coefficient (Wildman–Crippen LogP) is 4.58. The Morgan fingerprint density at radius 3 is 2.92 bits per heavy atom. The first kappa shape index (κ1) is 16.1. The van der Waals surface area contributed by atoms with E-state index in [1.807, 2.05) is 47.8 Å². The van der Waals surface area contributed by atoms with Gasteiger partial charge in [-0.15, -0.1) is 11.3 Å². The summed E-state index contributed by atoms with van der Waals surface area (Å²) in [5, 5.41) is 6.08. The van der Waals surface area contributed by atoms with Gasteiger partial charge in [-0.3, -0.25) is 4.79 Å². The van der Waals surface area contributed by atoms with E-state index in [4.69, 9.17) is 16.3 Å². The van der Waals surface area contributed by atoms with E-state index in [1.165, 1.54) is 16.9 Å². The SMILES string of the molecule is O=C(Cc1ccc2c(c1)CCO2)Nc1nc(-c2ccc(Cl)cc2)cs1. The van der Waals surface area contributed by atoms with Gasteiger partial charge in [0.1, 0.15) is 5.75 Å². The van der Waals surface area contributed by atoms with Crippen LogP contribution in [0.3, 0.4) is 0 Å². The molecular formula is C19H15ClN2O2S. The topological polar surface area (TPSA) is 51.2 Å². The lowest BCUT2D eigenvalue weighted by Crippen LogP contribution is -2.14. The zero-order chi connectivity index (χ0) is 17.2. The van der Waals surface area contributed by atoms with Crippen molar-refractivity contribution in [3.05, 3.63) is 64.0 Å². The number of benzene rings is 2. The standard InChI is InChI=1S/C19H15ClN2O2S/c20-15-4-2-13(3-5-15)16-11-25-19(21-16)22-18(23)10-12-1-6-17-14(9-12)7-8-24-17/h1-6,9,11H,7-8,10H2,(H,21,22,23). The smallest absolute Gasteiger partial charge is 0.230 e. The number of halogens is 1. The Labute approximate surface area is 154 Å². The monoisotopic (exact) mass is 370 g/mol. The maximum atomic E-state index is 12.3. The van der Waals surface area contributed by atoms with Gasteiger partial charge in [0, 0.05) is 22.4 Å². The molecule has 1 N–H and O–H groups in total. The Morgan fingerprint density at radius 1 is 1.24 bits per heavy atom. The molecule has 0 spiro atoms. The van der Waals surface area contributed by atoms with E-state index >= 15 is 0 Å². The fourth-order valence-electron chi connectivity index (χ4n) is 2.78. The summed E-state index contributed by atoms with van der Waals surface area (Å²) in [6.07, 6.45) is 1.23. The van der Waals surface area contributed by atoms with Crippen LogP contribution in [0.2, 0.25) is 5.02 Å². The molecule has 2 aromatic carbocycles. The quantitative estimate of drug-likeness (QED) is 0.731. The van der Waals surface area contributed by atoms with E-state index < -0.39 is 0 Å². The van der Waals surface area contributed by atoms with Gasteiger partial charge in [-0.05, 0) is 29.3 Å². The van der Waals surface area contributed by atoms with Gasteiger partial charge in [0.05, 0.1) is 18.7 Å². The number of nitrogens with one attached hydrogen (secondary N) is 1. The lowest BCUT2D eigenvalue weighted by atomic mass is 10.1. The van der Waals surface area contributed by atoms with Gasteiger partial charge >= 0.3 is 0 Å². The summed E-state index contributed by atoms with van der Waals surface area (Å²) < 4.78 is 5.49. The van der Waals surface area contributed by atoms with Gasteiger partial charge in [0.25, 0.3) is 0 Å². The normalized spacial score (nSPS) is 12.5. The predicted molar refractivity (Wildman–Crippen MR) is 101 cm³/mol. The van der Waals surface area contributed by atoms with Crippen LogP contribution in [0.25, 0.3) is 11.3 Å². The average Bonchev–Trinajstić information content (AvgIpc) is 3.24. The van der Waals surface area contributed by atoms with Crippen LogP contribution in [0.5, 0.6) is 5.75 Å². The molecule has 0 aliphatic carbocycles. The Morgan fingerprint density at radius 2 is 2.08 bits per heavy atom. The van der Waals surface area contributed by atoms with E-state index in [9.17, 15) is 4.79 Å². The van der Waals surface area contributed by atoms with Crippen LogP contribution in [0.15, 0.2) is 47.8 Å². The number of carbonyl (C=O) groups is 1. The molecule has 126 valence electrons. The van der Waals surface area contributed by atoms with E-state index in [0.29, 0.717) is 16.6 Å². The molecule has 25 heavy (non-hydrogen) atoms. The Bertz CT molecular complexity index is 921. The molecule has 6 heteroatoms. The number of anilines is 1. The first-order valence-electron chi connectivity index (χ1n) is 7.93. The minimum absolute atomic E-state index is 0.0733. The zero-order valence-electron chi connectivity index (χ0n) is 13.3. The van der Waals surface area contributed by atoms with Crippen molar-refractivity contribution in [3.8, 4) is 17.0 Å². The number of aromatic nitrogens is 1. The molecule has 0 bridgehead atoms. The van der Waals surface area contributed by atoms with E-state index in [1.54, 1.807) is 0 Å². The molecule has 1 amide bonds. The highest BCUT2D eigenvalue weighted by Crippen LogP contribution is 2.27. The summed E-state index contributed by atoms with van der Waals surface area (Å²) in [5.41, 5.74) is 3.95. The van der Waals surface area contributed by atoms with Crippen molar-refractivity contribution in [1.29, 1.82) is 0 Å². The van der Waals surface area contributed by atoms with Crippen molar-refractivity contribution in [2.24, 2.45) is 0 Å². The molecule has 1 aliphatic rings. The highest BCUT2D eigenvalue weighted by molar-refractivity contribution is 7.14. The maximum Gasteiger partial charge on any atom is 0.230 e. The second-order valence-electron chi connectivity index (χ2n) is 5.81. The molecule has 3 aromatic rings. The average molecular weight is 371 g/mol. The first-order chi connectivity index (χ1) is 12.2. The molecule has 4 nitrogen and oxygen atoms in total. The number of rotatable bonds is 4. The lowest BCUT2D eigenvalue weighted by Gasteiger charge is -2.04. The molecule has 0 radical (unpaired) electrons. The first-order valence-corrected chi connectivity index (χ1v) is 9.19. The molecule has 0 fully saturated rings. The second-order valence-corrected chi connectivity index (χ2v) is 7.10. The minimum atomic E-state index is -0.0733. The lowest BCUT2D eigenvalue weighted by molar-refractivity contribution is -0.115. The summed E-state index contributed by atoms with van der Waals surface area (Å²) in [5.74, 6) is 0.854. The number of hydrogen-bond donors (Lipinski definition) is 1. The molecule has 1 aromatic heterocycles. The number of ether oxygens (including phenoxy) is 1. The number of nitrogens with zero attached hydrogens (tertiary/aromatic N) is 1. The molecule has 0 saturated heterocycles. The van der Waals surface area contributed by atoms with Gasteiger partial charge in [0.15, 0.2) is 5.13 Å². The van der Waals surface area contributed by atoms with Crippen LogP contribution < -0.4 is 10.1 Å². The third-order valence-electron chi connectivity index (χ3n) is 4.01. The van der Waals surface area contributed by atoms with Crippen molar-refractivity contribution in [1.82, 2.24) is 4.98 Å². The van der Waals surface area contributed by atoms with Crippen molar-refractivity contribution < 1.29 is 9.53 Å². The fourth-order valence-corrected chi connectivity index (χ4v) is 3.64. The van der Waals surface area contributed by atoms with Gasteiger partial charge in [-0.25, -0.2) is 4.98 Å². The van der Waals surface area contributed by atoms with E-state index in [2.05, 4.69) is 10.3 Å². The number of fused-ring (bicyclic) bond motifs is 1. The van der Waals surface area contributed by atoms with Crippen LogP contribution >= 0.6 is 22.9 Å². The summed E-state index contributed by atoms with van der Waals surface area (Å²) in [6, 6.07) is 13.4. The van der Waals surface area contributed by atoms with Crippen LogP contribution in [-0.2, 0) is 17.6 Å². The van der Waals surface area contributed by atoms with Crippen molar-refractivity contribution in [2.45, 2.75) is 12.8 Å². The van der Waals surface area contributed by atoms with Gasteiger partial charge in [-0.2, -0.15) is 0 Å². The van der Waals surface area contributed by atoms with Crippen LogP contribution in [0.1, 0.15) is 11.1 Å². The van der Waals surface area contributed by atoms with Crippen molar-refractivity contribution in [3.63, 3.8) is 0 Å². The van der Waals surface area contributed by atoms with Crippen molar-refractivity contribution >= 4 is 34.0 Å². The number of thiazole rings is 1. The highest BCUT2D eigenvalue weighted by Gasteiger charge is 2.14. The Balaban J connectivity index is 1.42. The Kier molecular flexibility index (Phi) is 4.42. The number of hydrogen-bond acceptors (Lipinski definition) is 4. The molecule has 0 atom stereocenters. The number of amides is 1. The largest absolute Gasteiger partial charge is 0.493 e. The van der Waals surface area contributed by atoms with Crippen LogP contribution in [0, 0.1) is 0 Å². The minimum Gasteiger partial charge on any atom is -0.493 e. The number of carbonyl (C=O) groups excluding carboxylic acids is 1. The van der Waals surface area contributed by atoms with Gasteiger partial charge in [-0.1, -0.05) is 35.9 Å². The zero-order valence-corrected chi connectivity index (χ0v) is 14.9. The third-order valence-corrected chi connectivity index (χ3v) is 5.02. The summed E-state index contributed by atoms with van der Waals surface area (Å²) in [6.45, 7) is 0.720. The van der Waals surface area contributed by atoms with Crippen LogP contribution in [0.4, 0.5) is 5.13 Å². The Hall–Kier alpha value is -2.37. The third kappa shape index (κ3) is 3.67. The van der Waals surface area contributed by atoms with Crippen molar-refractivity contribution in [2.75, 3.05) is 11.9 Å². The molecule has 2 heterocycles. The summed E-state index contributed by atoms with van der Waals surface area (Å²) in [4.78, 5) is 16.8. The summed E-state index contributed by atoms with van der Waals surface area (Å²) in [7, 11) is 0. The highest BCUT2D eigenvalue weighted by atomic mass is 35.5. The van der Waals surface area contributed by atoms with E-state index in [-0.39, 0.29) is 5.91 Å². The molecule has 4 rings (SSSR count). The van der Waals surface area contributed by atoms with E-state index in [0.717, 1.165) is 35.6 Å². The molecule has 0 unspecified atom stereocenters. The van der Waals surface area contributed by atoms with Crippen LogP contribution in [-0.4, -0.2) is 17.5 Å². The summed E-state index contributed by atoms with van der Waals surface area (Å²) >= 11 is 7.31. The second kappa shape index (κ2) is 6.86. The van der Waals surface area contributed by atoms with Gasteiger partial charge in [0.2, 0.25) is 5.91 Å². The molecule has 1 aliphatic heterocycles. The fraction of sp³-hybridized carbons (Fsp3) is 0.158. The van der Waals surface area contributed by atoms with Gasteiger partial charge < -0.3 is 10.1 Å². The maximum absolute atomic E-state index is 12.3. The molecular weight excluding hydrogens is 356 g/mol.